The van der Waals surface area contributed by atoms with Crippen LogP contribution in [-0.2, 0) is 4.79 Å². The average Bonchev–Trinajstić information content (AvgIpc) is 1.82. The summed E-state index contributed by atoms with van der Waals surface area (Å²) >= 11 is 0. The van der Waals surface area contributed by atoms with Crippen LogP contribution >= 0.6 is 0 Å². The molecule has 0 spiro atoms. The van der Waals surface area contributed by atoms with Crippen LogP contribution in [0.15, 0.2) is 0 Å². The topological polar surface area (TPSA) is 63.3 Å². The lowest BCUT2D eigenvalue weighted by molar-refractivity contribution is -0.138. The molecule has 48 valence electrons. The first-order valence-electron chi connectivity index (χ1n) is 3.12. The average molecular weight is 118 g/mol. The highest BCUT2D eigenvalue weighted by Crippen LogP contribution is 1.91. The van der Waals surface area contributed by atoms with E-state index in [4.69, 9.17) is 6.52 Å². The summed E-state index contributed by atoms with van der Waals surface area (Å²) in [6.45, 7) is 1.88. The van der Waals surface area contributed by atoms with Gasteiger partial charge in [0.15, 0.2) is 0 Å². The summed E-state index contributed by atoms with van der Waals surface area (Å²) in [6.07, 6.45) is 1.29. The molecule has 3 nitrogen and oxygen atoms in total. The summed E-state index contributed by atoms with van der Waals surface area (Å²) in [6, 6.07) is -0.699. The molecule has 0 rings (SSSR count). The standard InChI is InChI=1S/C5H11NO2/c1-2-3-4(6)5(7)8/h4H,2-3,6H2,1H3,(H,7,8)/t4-/m0/s1/i/hD. The van der Waals surface area contributed by atoms with E-state index in [-0.39, 0.29) is 0 Å². The van der Waals surface area contributed by atoms with Crippen molar-refractivity contribution in [2.24, 2.45) is 5.73 Å². The van der Waals surface area contributed by atoms with Crippen LogP contribution in [0.3, 0.4) is 0 Å². The minimum Gasteiger partial charge on any atom is -0.480 e. The maximum Gasteiger partial charge on any atom is 0.320 e. The molecule has 0 aromatic heterocycles. The Kier molecular flexibility index (Phi) is 2.39. The molecule has 0 fully saturated rings. The lowest BCUT2D eigenvalue weighted by atomic mass is 10.2. The van der Waals surface area contributed by atoms with Gasteiger partial charge < -0.3 is 10.8 Å². The Labute approximate surface area is 50.0 Å². The summed E-state index contributed by atoms with van der Waals surface area (Å²) in [5.74, 6) is -0.952. The molecule has 0 aliphatic heterocycles. The van der Waals surface area contributed by atoms with E-state index in [0.29, 0.717) is 6.42 Å². The molecule has 0 aliphatic carbocycles. The van der Waals surface area contributed by atoms with Gasteiger partial charge in [-0.1, -0.05) is 13.3 Å². The van der Waals surface area contributed by atoms with Gasteiger partial charge in [0.25, 0.3) is 0 Å². The van der Waals surface area contributed by atoms with E-state index in [1.165, 1.54) is 0 Å². The second kappa shape index (κ2) is 3.43. The zero-order chi connectivity index (χ0) is 7.28. The second-order valence-corrected chi connectivity index (χ2v) is 1.68. The van der Waals surface area contributed by atoms with E-state index < -0.39 is 12.0 Å². The molecule has 0 heterocycles. The molecule has 0 amide bonds. The number of carboxylic acids is 1. The van der Waals surface area contributed by atoms with Crippen molar-refractivity contribution in [1.29, 1.82) is 0 Å². The highest BCUT2D eigenvalue weighted by atomic mass is 16.4. The van der Waals surface area contributed by atoms with Crippen LogP contribution < -0.4 is 5.73 Å². The molecule has 3 heteroatoms. The molecule has 8 heavy (non-hydrogen) atoms. The van der Waals surface area contributed by atoms with Crippen LogP contribution in [0.5, 0.6) is 0 Å². The number of hydrogen-bond acceptors (Lipinski definition) is 2. The fourth-order valence-corrected chi connectivity index (χ4v) is 0.412. The van der Waals surface area contributed by atoms with Crippen molar-refractivity contribution < 1.29 is 11.3 Å². The number of carbonyl (C=O) groups is 1. The monoisotopic (exact) mass is 118 g/mol. The van der Waals surface area contributed by atoms with E-state index in [1.807, 2.05) is 12.7 Å². The van der Waals surface area contributed by atoms with Crippen molar-refractivity contribution >= 4 is 5.97 Å². The lowest BCUT2D eigenvalue weighted by Crippen LogP contribution is -2.29. The van der Waals surface area contributed by atoms with Gasteiger partial charge in [0.05, 0.1) is 0 Å². The van der Waals surface area contributed by atoms with Crippen LogP contribution in [-0.4, -0.2) is 17.1 Å². The van der Waals surface area contributed by atoms with Crippen molar-refractivity contribution in [1.82, 2.24) is 0 Å². The first-order chi connectivity index (χ1) is 4.22. The molecular weight excluding hydrogens is 106 g/mol. The van der Waals surface area contributed by atoms with Crippen LogP contribution in [0.4, 0.5) is 0 Å². The van der Waals surface area contributed by atoms with Gasteiger partial charge >= 0.3 is 5.97 Å². The predicted octanol–water partition coefficient (Wildman–Crippen LogP) is 0.198. The van der Waals surface area contributed by atoms with E-state index in [1.54, 1.807) is 0 Å². The molecule has 0 unspecified atom stereocenters. The van der Waals surface area contributed by atoms with E-state index >= 15 is 0 Å². The lowest BCUT2D eigenvalue weighted by Gasteiger charge is -2.00. The quantitative estimate of drug-likeness (QED) is 0.554. The van der Waals surface area contributed by atoms with Gasteiger partial charge in [-0.3, -0.25) is 4.79 Å². The molecule has 0 bridgehead atoms. The highest BCUT2D eigenvalue weighted by Gasteiger charge is 2.07. The number of nitrogens with two attached hydrogens (primary N) is 1. The normalized spacial score (nSPS) is 14.9. The SMILES string of the molecule is [2H]N[C@@H](CCC)C(=O)O. The van der Waals surface area contributed by atoms with Gasteiger partial charge in [-0.2, -0.15) is 0 Å². The van der Waals surface area contributed by atoms with Crippen LogP contribution in [0, 0.1) is 0 Å². The van der Waals surface area contributed by atoms with Crippen molar-refractivity contribution in [2.45, 2.75) is 25.8 Å². The van der Waals surface area contributed by atoms with E-state index in [0.717, 1.165) is 6.42 Å². The minimum absolute atomic E-state index is 0.513. The molecule has 3 N–H and O–H groups in total. The third-order valence-electron chi connectivity index (χ3n) is 0.875. The molecule has 0 saturated heterocycles. The highest BCUT2D eigenvalue weighted by molar-refractivity contribution is 5.72. The Morgan fingerprint density at radius 1 is 2.12 bits per heavy atom. The Balaban J connectivity index is 3.54. The molecule has 0 aromatic carbocycles. The number of carboxylic acid groups (broad SMARTS) is 1. The largest absolute Gasteiger partial charge is 0.480 e. The molecule has 1 atom stereocenters. The minimum atomic E-state index is -0.952. The summed E-state index contributed by atoms with van der Waals surface area (Å²) in [5.41, 5.74) is 1.95. The first kappa shape index (κ1) is 5.56. The van der Waals surface area contributed by atoms with E-state index in [2.05, 4.69) is 0 Å². The van der Waals surface area contributed by atoms with Crippen LogP contribution in [0.2, 0.25) is 1.41 Å². The van der Waals surface area contributed by atoms with Crippen LogP contribution in [0.1, 0.15) is 19.8 Å². The summed E-state index contributed by atoms with van der Waals surface area (Å²) in [4.78, 5) is 10.1. The van der Waals surface area contributed by atoms with Crippen molar-refractivity contribution in [3.8, 4) is 0 Å². The predicted molar refractivity (Wildman–Crippen MR) is 30.5 cm³/mol. The van der Waals surface area contributed by atoms with Gasteiger partial charge in [0.1, 0.15) is 7.45 Å². The maximum absolute atomic E-state index is 10.1. The molecule has 0 radical (unpaired) electrons. The summed E-state index contributed by atoms with van der Waals surface area (Å²) in [5, 5.41) is 8.32. The summed E-state index contributed by atoms with van der Waals surface area (Å²) in [7, 11) is 0. The molecular formula is C5H11NO2. The number of hydrogen-bond donors (Lipinski definition) is 2. The number of aliphatic carboxylic acids is 1. The molecule has 0 saturated carbocycles. The fraction of sp³-hybridized carbons (Fsp3) is 0.800. The third-order valence-corrected chi connectivity index (χ3v) is 0.875. The van der Waals surface area contributed by atoms with Crippen LogP contribution in [0.25, 0.3) is 0 Å². The van der Waals surface area contributed by atoms with Crippen molar-refractivity contribution in [3.63, 3.8) is 0 Å². The van der Waals surface area contributed by atoms with Gasteiger partial charge in [0, 0.05) is 0 Å². The molecule has 0 aliphatic rings. The Morgan fingerprint density at radius 3 is 2.88 bits per heavy atom. The van der Waals surface area contributed by atoms with E-state index in [9.17, 15) is 4.79 Å². The van der Waals surface area contributed by atoms with Gasteiger partial charge in [-0.15, -0.1) is 0 Å². The second-order valence-electron chi connectivity index (χ2n) is 1.68. The third kappa shape index (κ3) is 2.58. The zero-order valence-electron chi connectivity index (χ0n) is 5.85. The Morgan fingerprint density at radius 2 is 2.75 bits per heavy atom. The molecule has 0 aromatic rings. The Bertz CT molecular complexity index is 97.0. The van der Waals surface area contributed by atoms with Crippen molar-refractivity contribution in [3.05, 3.63) is 0 Å². The summed E-state index contributed by atoms with van der Waals surface area (Å²) < 4.78 is 6.56. The maximum atomic E-state index is 10.1. The fourth-order valence-electron chi connectivity index (χ4n) is 0.412. The number of rotatable bonds is 4. The van der Waals surface area contributed by atoms with Gasteiger partial charge in [0.2, 0.25) is 0 Å². The Hall–Kier alpha value is -0.570. The zero-order valence-corrected chi connectivity index (χ0v) is 4.85. The smallest absolute Gasteiger partial charge is 0.320 e. The van der Waals surface area contributed by atoms with Gasteiger partial charge in [-0.25, -0.2) is 0 Å². The van der Waals surface area contributed by atoms with Crippen molar-refractivity contribution in [2.75, 3.05) is 0 Å². The van der Waals surface area contributed by atoms with Gasteiger partial charge in [-0.05, 0) is 6.42 Å². The first-order valence-corrected chi connectivity index (χ1v) is 2.62.